The number of benzene rings is 1. The summed E-state index contributed by atoms with van der Waals surface area (Å²) in [5.74, 6) is 1.61. The first-order valence-corrected chi connectivity index (χ1v) is 5.78. The number of anilines is 1. The molecule has 2 rings (SSSR count). The highest BCUT2D eigenvalue weighted by Crippen LogP contribution is 2.29. The van der Waals surface area contributed by atoms with E-state index in [4.69, 9.17) is 9.47 Å². The van der Waals surface area contributed by atoms with E-state index in [1.165, 1.54) is 0 Å². The van der Waals surface area contributed by atoms with Crippen molar-refractivity contribution in [3.05, 3.63) is 54.3 Å². The van der Waals surface area contributed by atoms with Gasteiger partial charge in [-0.1, -0.05) is 12.7 Å². The normalized spacial score (nSPS) is 19.2. The Bertz CT molecular complexity index is 515. The Kier molecular flexibility index (Phi) is 3.72. The predicted octanol–water partition coefficient (Wildman–Crippen LogP) is 3.22. The van der Waals surface area contributed by atoms with Crippen molar-refractivity contribution < 1.29 is 9.47 Å². The zero-order valence-electron chi connectivity index (χ0n) is 10.7. The van der Waals surface area contributed by atoms with Crippen LogP contribution in [0.15, 0.2) is 48.8 Å². The summed E-state index contributed by atoms with van der Waals surface area (Å²) < 4.78 is 10.5. The Hall–Kier alpha value is -2.16. The van der Waals surface area contributed by atoms with Gasteiger partial charge in [-0.2, -0.15) is 0 Å². The molecule has 0 unspecified atom stereocenters. The quantitative estimate of drug-likeness (QED) is 0.865. The maximum absolute atomic E-state index is 5.28. The van der Waals surface area contributed by atoms with Crippen LogP contribution in [-0.4, -0.2) is 20.8 Å². The maximum Gasteiger partial charge on any atom is 0.119 e. The van der Waals surface area contributed by atoms with E-state index in [9.17, 15) is 0 Å². The summed E-state index contributed by atoms with van der Waals surface area (Å²) in [4.78, 5) is 0. The molecule has 0 aromatic heterocycles. The average Bonchev–Trinajstić information content (AvgIpc) is 2.48. The lowest BCUT2D eigenvalue weighted by molar-refractivity contribution is 0.307. The van der Waals surface area contributed by atoms with E-state index in [0.717, 1.165) is 34.9 Å². The molecule has 3 heteroatoms. The highest BCUT2D eigenvalue weighted by Gasteiger charge is 2.08. The van der Waals surface area contributed by atoms with Crippen LogP contribution in [-0.2, 0) is 4.74 Å². The Labute approximate surface area is 107 Å². The largest absolute Gasteiger partial charge is 0.497 e. The van der Waals surface area contributed by atoms with Crippen molar-refractivity contribution in [2.45, 2.75) is 0 Å². The van der Waals surface area contributed by atoms with E-state index in [2.05, 4.69) is 11.9 Å². The van der Waals surface area contributed by atoms with Crippen LogP contribution >= 0.6 is 0 Å². The van der Waals surface area contributed by atoms with Gasteiger partial charge in [-0.05, 0) is 35.9 Å². The lowest BCUT2D eigenvalue weighted by Crippen LogP contribution is -2.01. The second kappa shape index (κ2) is 5.45. The molecular weight excluding hydrogens is 226 g/mol. The molecule has 0 saturated heterocycles. The third-order valence-corrected chi connectivity index (χ3v) is 2.82. The van der Waals surface area contributed by atoms with Crippen LogP contribution < -0.4 is 10.1 Å². The molecule has 0 spiro atoms. The van der Waals surface area contributed by atoms with Gasteiger partial charge in [0.2, 0.25) is 0 Å². The molecule has 1 aliphatic rings. The molecule has 0 amide bonds. The van der Waals surface area contributed by atoms with E-state index in [1.807, 2.05) is 36.4 Å². The third kappa shape index (κ3) is 2.56. The van der Waals surface area contributed by atoms with Crippen LogP contribution in [0.1, 0.15) is 5.56 Å². The molecule has 1 aromatic rings. The topological polar surface area (TPSA) is 30.5 Å². The molecule has 0 bridgehead atoms. The minimum Gasteiger partial charge on any atom is -0.497 e. The van der Waals surface area contributed by atoms with Crippen LogP contribution in [0, 0.1) is 0 Å². The lowest BCUT2D eigenvalue weighted by atomic mass is 10.0. The van der Waals surface area contributed by atoms with Gasteiger partial charge in [0.1, 0.15) is 11.5 Å². The van der Waals surface area contributed by atoms with E-state index in [-0.39, 0.29) is 0 Å². The monoisotopic (exact) mass is 243 g/mol. The molecule has 18 heavy (non-hydrogen) atoms. The smallest absolute Gasteiger partial charge is 0.119 e. The molecule has 0 aliphatic carbocycles. The van der Waals surface area contributed by atoms with Gasteiger partial charge in [0.15, 0.2) is 0 Å². The summed E-state index contributed by atoms with van der Waals surface area (Å²) in [7, 11) is 3.31. The van der Waals surface area contributed by atoms with E-state index in [0.29, 0.717) is 0 Å². The first kappa shape index (κ1) is 12.3. The van der Waals surface area contributed by atoms with Gasteiger partial charge < -0.3 is 14.8 Å². The van der Waals surface area contributed by atoms with E-state index < -0.39 is 0 Å². The second-order valence-electron chi connectivity index (χ2n) is 3.97. The number of rotatable bonds is 2. The van der Waals surface area contributed by atoms with Crippen LogP contribution in [0.4, 0.5) is 5.69 Å². The summed E-state index contributed by atoms with van der Waals surface area (Å²) >= 11 is 0. The average molecular weight is 243 g/mol. The molecule has 0 saturated carbocycles. The van der Waals surface area contributed by atoms with Crippen LogP contribution in [0.2, 0.25) is 0 Å². The highest BCUT2D eigenvalue weighted by atomic mass is 16.5. The number of hydrogen-bond donors (Lipinski definition) is 1. The summed E-state index contributed by atoms with van der Waals surface area (Å²) in [5.41, 5.74) is 2.95. The molecule has 3 nitrogen and oxygen atoms in total. The van der Waals surface area contributed by atoms with Gasteiger partial charge in [0, 0.05) is 17.8 Å². The van der Waals surface area contributed by atoms with Crippen molar-refractivity contribution in [3.63, 3.8) is 0 Å². The second-order valence-corrected chi connectivity index (χ2v) is 3.97. The van der Waals surface area contributed by atoms with E-state index in [1.54, 1.807) is 14.2 Å². The highest BCUT2D eigenvalue weighted by molar-refractivity contribution is 5.82. The summed E-state index contributed by atoms with van der Waals surface area (Å²) in [6.45, 7) is 4.83. The van der Waals surface area contributed by atoms with Crippen LogP contribution in [0.5, 0.6) is 5.75 Å². The number of ether oxygens (including phenoxy) is 2. The van der Waals surface area contributed by atoms with E-state index >= 15 is 0 Å². The van der Waals surface area contributed by atoms with Gasteiger partial charge in [-0.3, -0.25) is 0 Å². The number of methoxy groups -OCH3 is 2. The molecule has 1 heterocycles. The summed E-state index contributed by atoms with van der Waals surface area (Å²) in [5, 5.41) is 3.34. The van der Waals surface area contributed by atoms with Crippen molar-refractivity contribution in [1.29, 1.82) is 0 Å². The Morgan fingerprint density at radius 3 is 2.78 bits per heavy atom. The van der Waals surface area contributed by atoms with Gasteiger partial charge >= 0.3 is 0 Å². The van der Waals surface area contributed by atoms with Crippen molar-refractivity contribution in [2.75, 3.05) is 26.1 Å². The fourth-order valence-corrected chi connectivity index (χ4v) is 1.84. The molecule has 0 fully saturated rings. The Morgan fingerprint density at radius 2 is 2.06 bits per heavy atom. The number of fused-ring (bicyclic) bond motifs is 1. The van der Waals surface area contributed by atoms with Gasteiger partial charge in [0.05, 0.1) is 14.2 Å². The molecule has 0 atom stereocenters. The van der Waals surface area contributed by atoms with Crippen molar-refractivity contribution in [1.82, 2.24) is 0 Å². The van der Waals surface area contributed by atoms with Gasteiger partial charge in [-0.15, -0.1) is 0 Å². The number of hydrogen-bond acceptors (Lipinski definition) is 3. The maximum atomic E-state index is 5.28. The third-order valence-electron chi connectivity index (χ3n) is 2.82. The minimum absolute atomic E-state index is 0.743. The Morgan fingerprint density at radius 1 is 1.22 bits per heavy atom. The molecule has 1 aromatic carbocycles. The zero-order chi connectivity index (χ0) is 13.0. The van der Waals surface area contributed by atoms with Crippen molar-refractivity contribution >= 4 is 11.3 Å². The summed E-state index contributed by atoms with van der Waals surface area (Å²) in [6.07, 6.45) is 5.87. The van der Waals surface area contributed by atoms with Crippen molar-refractivity contribution in [2.24, 2.45) is 0 Å². The fraction of sp³-hybridized carbons (Fsp3) is 0.200. The fourth-order valence-electron chi connectivity index (χ4n) is 1.84. The first-order chi connectivity index (χ1) is 8.74. The van der Waals surface area contributed by atoms with Crippen LogP contribution in [0.3, 0.4) is 0 Å². The zero-order valence-corrected chi connectivity index (χ0v) is 10.7. The van der Waals surface area contributed by atoms with Crippen LogP contribution in [0.25, 0.3) is 5.57 Å². The van der Waals surface area contributed by atoms with Gasteiger partial charge in [-0.25, -0.2) is 0 Å². The number of nitrogens with one attached hydrogen (secondary N) is 1. The first-order valence-electron chi connectivity index (χ1n) is 5.78. The summed E-state index contributed by atoms with van der Waals surface area (Å²) in [6, 6.07) is 5.90. The number of allylic oxidation sites excluding steroid dienone is 3. The molecule has 0 radical (unpaired) electrons. The SMILES string of the molecule is C=C1/C=C(OC)\C=C/CNc2ccc(OC)cc21. The lowest BCUT2D eigenvalue weighted by Gasteiger charge is -2.12. The standard InChI is InChI=1S/C15H17NO2/c1-11-9-12(17-2)5-4-8-16-15-7-6-13(18-3)10-14(11)15/h4-7,9-10,16H,1,8H2,2-3H3/b5-4-,12-9+. The van der Waals surface area contributed by atoms with Gasteiger partial charge in [0.25, 0.3) is 0 Å². The minimum atomic E-state index is 0.743. The predicted molar refractivity (Wildman–Crippen MR) is 74.7 cm³/mol. The molecule has 94 valence electrons. The molecule has 1 aliphatic heterocycles. The molecular formula is C15H17NO2. The molecule has 1 N–H and O–H groups in total. The Balaban J connectivity index is 2.47. The van der Waals surface area contributed by atoms with Crippen molar-refractivity contribution in [3.8, 4) is 5.75 Å².